The molecule has 0 spiro atoms. The molecule has 2 unspecified atom stereocenters. The zero-order valence-electron chi connectivity index (χ0n) is 32.0. The van der Waals surface area contributed by atoms with E-state index in [1.54, 1.807) is 22.3 Å². The normalized spacial score (nSPS) is 17.4. The summed E-state index contributed by atoms with van der Waals surface area (Å²) in [5.41, 5.74) is 17.9. The third kappa shape index (κ3) is 7.01. The number of hydrogen-bond donors (Lipinski definition) is 0. The fourth-order valence-electron chi connectivity index (χ4n) is 9.14. The Labute approximate surface area is 314 Å². The van der Waals surface area contributed by atoms with Crippen LogP contribution in [0.3, 0.4) is 0 Å². The average Bonchev–Trinajstić information content (AvgIpc) is 3.58. The summed E-state index contributed by atoms with van der Waals surface area (Å²) in [6.07, 6.45) is 6.32. The number of benzene rings is 4. The van der Waals surface area contributed by atoms with Crippen LogP contribution in [0.5, 0.6) is 0 Å². The maximum atomic E-state index is 2.80. The van der Waals surface area contributed by atoms with E-state index < -0.39 is 33.5 Å². The zero-order valence-corrected chi connectivity index (χ0v) is 39.5. The van der Waals surface area contributed by atoms with Crippen LogP contribution in [0.4, 0.5) is 0 Å². The molecule has 0 amide bonds. The molecule has 0 bridgehead atoms. The summed E-state index contributed by atoms with van der Waals surface area (Å²) in [5.74, 6) is 0. The summed E-state index contributed by atoms with van der Waals surface area (Å²) in [7, 11) is -2.69. The van der Waals surface area contributed by atoms with Gasteiger partial charge in [-0.25, -0.2) is 0 Å². The third-order valence-corrected chi connectivity index (χ3v) is 33.3. The van der Waals surface area contributed by atoms with Gasteiger partial charge in [0.2, 0.25) is 0 Å². The second-order valence-electron chi connectivity index (χ2n) is 17.9. The van der Waals surface area contributed by atoms with Crippen molar-refractivity contribution in [2.24, 2.45) is 0 Å². The van der Waals surface area contributed by atoms with Crippen LogP contribution in [0.2, 0.25) is 48.5 Å². The number of rotatable bonds is 7. The first-order chi connectivity index (χ1) is 21.8. The van der Waals surface area contributed by atoms with Crippen molar-refractivity contribution in [3.05, 3.63) is 117 Å². The molecule has 2 atom stereocenters. The third-order valence-electron chi connectivity index (χ3n) is 11.5. The first-order valence-electron chi connectivity index (χ1n) is 17.8. The molecule has 2 aliphatic rings. The van der Waals surface area contributed by atoms with Crippen LogP contribution in [0.1, 0.15) is 60.9 Å². The number of aryl methyl sites for hydroxylation is 2. The summed E-state index contributed by atoms with van der Waals surface area (Å²) >= 11 is -3.69. The van der Waals surface area contributed by atoms with Crippen molar-refractivity contribution in [1.82, 2.24) is 0 Å². The van der Waals surface area contributed by atoms with Crippen LogP contribution in [0, 0.1) is 13.8 Å². The summed E-state index contributed by atoms with van der Waals surface area (Å²) in [5, 5.41) is 3.06. The average molecular weight is 821 g/mol. The number of fused-ring (bicyclic) bond motifs is 2. The molecule has 0 fully saturated rings. The van der Waals surface area contributed by atoms with Crippen LogP contribution in [-0.4, -0.2) is 23.0 Å². The van der Waals surface area contributed by atoms with Crippen LogP contribution < -0.4 is 10.4 Å². The molecule has 0 saturated carbocycles. The van der Waals surface area contributed by atoms with Gasteiger partial charge in [-0.15, -0.1) is 24.8 Å². The first kappa shape index (κ1) is 40.2. The monoisotopic (exact) mass is 818 g/mol. The molecule has 0 saturated heterocycles. The van der Waals surface area contributed by atoms with Gasteiger partial charge in [0.05, 0.1) is 0 Å². The Hall–Kier alpha value is -1.53. The molecule has 49 heavy (non-hydrogen) atoms. The van der Waals surface area contributed by atoms with Crippen molar-refractivity contribution in [2.45, 2.75) is 89.9 Å². The minimum atomic E-state index is -3.69. The Balaban J connectivity index is 0.00000270. The molecule has 2 aliphatic carbocycles. The van der Waals surface area contributed by atoms with E-state index in [0.29, 0.717) is 7.25 Å². The molecular formula is C43H58Cl2Si3Zr. The van der Waals surface area contributed by atoms with Gasteiger partial charge in [0.1, 0.15) is 0 Å². The van der Waals surface area contributed by atoms with E-state index in [0.717, 1.165) is 6.42 Å². The standard InChI is InChI=1S/C21H25Si.C20H23Si.2CH3.2ClH.H2Si.Zr/c1-6-16-13-20-15(2)7-12-19(21(20)14-16)17-8-10-18(11-9-17)22(3,4)5;1-14-12-19-15(2)6-11-18(20(19)13-14)16-7-9-17(10-8-16)21(3,4)5;;;;;;/h7-14H,6H2,1-5H3;6-13H,1-5H3;2*1H3;2*1H;1H2;. The smallest absolute Gasteiger partial charge is 0.147 e. The van der Waals surface area contributed by atoms with E-state index in [1.807, 2.05) is 0 Å². The minimum Gasteiger partial charge on any atom is -0.147 e. The second-order valence-corrected chi connectivity index (χ2v) is 58.6. The molecule has 0 aromatic heterocycles. The zero-order chi connectivity index (χ0) is 34.3. The molecule has 260 valence electrons. The van der Waals surface area contributed by atoms with Crippen LogP contribution in [0.25, 0.3) is 34.4 Å². The van der Waals surface area contributed by atoms with Crippen molar-refractivity contribution in [2.75, 3.05) is 0 Å². The second kappa shape index (κ2) is 13.8. The van der Waals surface area contributed by atoms with Gasteiger partial charge in [0.25, 0.3) is 0 Å². The largest absolute Gasteiger partial charge is 0.147 e. The minimum absolute atomic E-state index is 0. The van der Waals surface area contributed by atoms with Crippen molar-refractivity contribution < 1.29 is 17.4 Å². The van der Waals surface area contributed by atoms with Crippen LogP contribution >= 0.6 is 24.8 Å². The Morgan fingerprint density at radius 1 is 0.571 bits per heavy atom. The van der Waals surface area contributed by atoms with E-state index >= 15 is 0 Å². The maximum Gasteiger partial charge on any atom is -0.147 e. The Kier molecular flexibility index (Phi) is 11.3. The predicted octanol–water partition coefficient (Wildman–Crippen LogP) is 11.9. The summed E-state index contributed by atoms with van der Waals surface area (Å²) in [4.78, 5) is 0. The summed E-state index contributed by atoms with van der Waals surface area (Å²) in [6.45, 7) is 26.7. The van der Waals surface area contributed by atoms with E-state index in [1.165, 1.54) is 54.9 Å². The van der Waals surface area contributed by atoms with Gasteiger partial charge in [-0.3, -0.25) is 0 Å². The van der Waals surface area contributed by atoms with Gasteiger partial charge in [0.15, 0.2) is 0 Å². The fraction of sp³-hybridized carbons (Fsp3) is 0.349. The molecule has 0 N–H and O–H groups in total. The SMILES string of the molecule is CCC1=Cc2c(-c3ccc([Si](C)(C)C)cc3)ccc(C)c2[CH]1[Zr]([CH3])([CH3])(=[SiH2])[CH]1C(C)=Cc2c(-c3ccc([Si](C)(C)C)cc3)ccc(C)c21.Cl.Cl. The summed E-state index contributed by atoms with van der Waals surface area (Å²) < 4.78 is 6.65. The van der Waals surface area contributed by atoms with Gasteiger partial charge in [-0.1, -0.05) is 0 Å². The predicted molar refractivity (Wildman–Crippen MR) is 231 cm³/mol. The number of allylic oxidation sites excluding steroid dienone is 2. The van der Waals surface area contributed by atoms with Crippen molar-refractivity contribution in [1.29, 1.82) is 0 Å². The molecule has 6 heteroatoms. The van der Waals surface area contributed by atoms with Gasteiger partial charge < -0.3 is 0 Å². The fourth-order valence-corrected chi connectivity index (χ4v) is 32.3. The van der Waals surface area contributed by atoms with Gasteiger partial charge in [-0.05, 0) is 0 Å². The topological polar surface area (TPSA) is 0 Å². The first-order valence-corrected chi connectivity index (χ1v) is 38.4. The van der Waals surface area contributed by atoms with Crippen LogP contribution in [-0.2, 0) is 17.4 Å². The summed E-state index contributed by atoms with van der Waals surface area (Å²) in [6, 6.07) is 28.8. The van der Waals surface area contributed by atoms with Crippen molar-refractivity contribution in [3.63, 3.8) is 0 Å². The molecule has 0 heterocycles. The number of hydrogen-bond acceptors (Lipinski definition) is 0. The van der Waals surface area contributed by atoms with E-state index in [-0.39, 0.29) is 24.8 Å². The quantitative estimate of drug-likeness (QED) is 0.163. The van der Waals surface area contributed by atoms with Gasteiger partial charge >= 0.3 is 292 Å². The number of halogens is 2. The molecule has 0 aliphatic heterocycles. The molecule has 0 radical (unpaired) electrons. The maximum absolute atomic E-state index is 3.69. The molecule has 4 aromatic carbocycles. The van der Waals surface area contributed by atoms with Crippen LogP contribution in [0.15, 0.2) is 83.9 Å². The molecular weight excluding hydrogens is 763 g/mol. The Bertz CT molecular complexity index is 2030. The van der Waals surface area contributed by atoms with Gasteiger partial charge in [0, 0.05) is 0 Å². The Morgan fingerprint density at radius 2 is 0.959 bits per heavy atom. The molecule has 6 rings (SSSR count). The molecule has 0 nitrogen and oxygen atoms in total. The molecule has 4 aromatic rings. The van der Waals surface area contributed by atoms with Gasteiger partial charge in [-0.2, -0.15) is 0 Å². The van der Waals surface area contributed by atoms with E-state index in [2.05, 4.69) is 168 Å². The van der Waals surface area contributed by atoms with Crippen molar-refractivity contribution in [3.8, 4) is 22.3 Å². The Morgan fingerprint density at radius 3 is 1.35 bits per heavy atom. The van der Waals surface area contributed by atoms with Crippen molar-refractivity contribution >= 4 is 70.4 Å². The van der Waals surface area contributed by atoms with E-state index in [9.17, 15) is 0 Å². The van der Waals surface area contributed by atoms with E-state index in [4.69, 9.17) is 0 Å².